The summed E-state index contributed by atoms with van der Waals surface area (Å²) >= 11 is 0. The van der Waals surface area contributed by atoms with Gasteiger partial charge in [-0.15, -0.1) is 0 Å². The summed E-state index contributed by atoms with van der Waals surface area (Å²) in [4.78, 5) is 15.1. The first-order valence-electron chi connectivity index (χ1n) is 5.04. The first kappa shape index (κ1) is 11.7. The molecule has 5 nitrogen and oxygen atoms in total. The molecule has 1 aliphatic rings. The smallest absolute Gasteiger partial charge is 0.432 e. The Morgan fingerprint density at radius 1 is 1.47 bits per heavy atom. The lowest BCUT2D eigenvalue weighted by atomic mass is 10.5. The standard InChI is InChI=1S/C10H18N2O3/c1-9(2)15-10(13)14-7-6-12-5-4-11(3)8-12/h4-5,9H,6-8H2,1-3H3. The van der Waals surface area contributed by atoms with E-state index in [0.717, 1.165) is 6.67 Å². The quantitative estimate of drug-likeness (QED) is 0.658. The van der Waals surface area contributed by atoms with Crippen molar-refractivity contribution in [3.63, 3.8) is 0 Å². The first-order valence-corrected chi connectivity index (χ1v) is 5.04. The van der Waals surface area contributed by atoms with Gasteiger partial charge in [-0.3, -0.25) is 0 Å². The largest absolute Gasteiger partial charge is 0.508 e. The van der Waals surface area contributed by atoms with Crippen molar-refractivity contribution in [1.29, 1.82) is 0 Å². The summed E-state index contributed by atoms with van der Waals surface area (Å²) in [5, 5.41) is 0. The third kappa shape index (κ3) is 4.58. The zero-order valence-electron chi connectivity index (χ0n) is 9.47. The summed E-state index contributed by atoms with van der Waals surface area (Å²) in [5.41, 5.74) is 0. The van der Waals surface area contributed by atoms with Crippen LogP contribution in [0.15, 0.2) is 12.4 Å². The van der Waals surface area contributed by atoms with Crippen molar-refractivity contribution in [1.82, 2.24) is 9.80 Å². The van der Waals surface area contributed by atoms with Crippen molar-refractivity contribution >= 4 is 6.16 Å². The Hall–Kier alpha value is -1.39. The highest BCUT2D eigenvalue weighted by Crippen LogP contribution is 2.02. The third-order valence-electron chi connectivity index (χ3n) is 1.87. The van der Waals surface area contributed by atoms with Gasteiger partial charge in [0, 0.05) is 19.4 Å². The zero-order chi connectivity index (χ0) is 11.3. The zero-order valence-corrected chi connectivity index (χ0v) is 9.47. The van der Waals surface area contributed by atoms with E-state index in [2.05, 4.69) is 4.90 Å². The van der Waals surface area contributed by atoms with Crippen molar-refractivity contribution in [2.24, 2.45) is 0 Å². The molecule has 0 aliphatic carbocycles. The van der Waals surface area contributed by atoms with Gasteiger partial charge in [0.2, 0.25) is 0 Å². The maximum Gasteiger partial charge on any atom is 0.508 e. The van der Waals surface area contributed by atoms with Crippen LogP contribution in [0.1, 0.15) is 13.8 Å². The van der Waals surface area contributed by atoms with Crippen LogP contribution in [0.2, 0.25) is 0 Å². The Labute approximate surface area is 90.2 Å². The molecule has 15 heavy (non-hydrogen) atoms. The maximum absolute atomic E-state index is 11.0. The van der Waals surface area contributed by atoms with E-state index >= 15 is 0 Å². The van der Waals surface area contributed by atoms with Gasteiger partial charge in [-0.05, 0) is 13.8 Å². The Bertz CT molecular complexity index is 241. The number of carbonyl (C=O) groups excluding carboxylic acids is 1. The lowest BCUT2D eigenvalue weighted by molar-refractivity contribution is 0.0308. The third-order valence-corrected chi connectivity index (χ3v) is 1.87. The van der Waals surface area contributed by atoms with E-state index in [1.54, 1.807) is 13.8 Å². The van der Waals surface area contributed by atoms with Crippen molar-refractivity contribution < 1.29 is 14.3 Å². The van der Waals surface area contributed by atoms with Crippen LogP contribution in [-0.2, 0) is 9.47 Å². The van der Waals surface area contributed by atoms with Gasteiger partial charge in [-0.2, -0.15) is 0 Å². The number of carbonyl (C=O) groups is 1. The highest BCUT2D eigenvalue weighted by atomic mass is 16.7. The minimum absolute atomic E-state index is 0.129. The van der Waals surface area contributed by atoms with Crippen LogP contribution in [0, 0.1) is 0 Å². The molecule has 86 valence electrons. The molecule has 0 amide bonds. The van der Waals surface area contributed by atoms with Gasteiger partial charge in [-0.25, -0.2) is 4.79 Å². The van der Waals surface area contributed by atoms with Crippen LogP contribution in [0.3, 0.4) is 0 Å². The molecule has 1 rings (SSSR count). The average molecular weight is 214 g/mol. The fourth-order valence-electron chi connectivity index (χ4n) is 1.21. The van der Waals surface area contributed by atoms with Gasteiger partial charge in [0.15, 0.2) is 0 Å². The average Bonchev–Trinajstić information content (AvgIpc) is 2.50. The first-order chi connectivity index (χ1) is 7.08. The lowest BCUT2D eigenvalue weighted by Crippen LogP contribution is -2.27. The predicted molar refractivity (Wildman–Crippen MR) is 56.0 cm³/mol. The topological polar surface area (TPSA) is 42.0 Å². The number of nitrogens with zero attached hydrogens (tertiary/aromatic N) is 2. The molecule has 1 aliphatic heterocycles. The molecule has 0 saturated heterocycles. The number of ether oxygens (including phenoxy) is 2. The minimum atomic E-state index is -0.596. The van der Waals surface area contributed by atoms with E-state index in [1.165, 1.54) is 0 Å². The van der Waals surface area contributed by atoms with Gasteiger partial charge in [0.1, 0.15) is 6.61 Å². The molecular formula is C10H18N2O3. The molecule has 1 heterocycles. The van der Waals surface area contributed by atoms with Crippen LogP contribution < -0.4 is 0 Å². The van der Waals surface area contributed by atoms with E-state index in [-0.39, 0.29) is 6.10 Å². The fraction of sp³-hybridized carbons (Fsp3) is 0.700. The highest BCUT2D eigenvalue weighted by molar-refractivity contribution is 5.59. The van der Waals surface area contributed by atoms with Crippen LogP contribution >= 0.6 is 0 Å². The van der Waals surface area contributed by atoms with E-state index < -0.39 is 6.16 Å². The van der Waals surface area contributed by atoms with Gasteiger partial charge < -0.3 is 19.3 Å². The molecule has 0 fully saturated rings. The van der Waals surface area contributed by atoms with Crippen LogP contribution in [0.4, 0.5) is 4.79 Å². The SMILES string of the molecule is CC(C)OC(=O)OCCN1C=CN(C)C1. The molecule has 0 N–H and O–H groups in total. The molecule has 0 aromatic rings. The van der Waals surface area contributed by atoms with Gasteiger partial charge >= 0.3 is 6.16 Å². The Kier molecular flexibility index (Phi) is 4.27. The fourth-order valence-corrected chi connectivity index (χ4v) is 1.21. The Morgan fingerprint density at radius 3 is 2.73 bits per heavy atom. The second-order valence-corrected chi connectivity index (χ2v) is 3.77. The van der Waals surface area contributed by atoms with Crippen molar-refractivity contribution in [3.05, 3.63) is 12.4 Å². The van der Waals surface area contributed by atoms with Crippen LogP contribution in [-0.4, -0.2) is 48.9 Å². The highest BCUT2D eigenvalue weighted by Gasteiger charge is 2.10. The number of hydrogen-bond donors (Lipinski definition) is 0. The summed E-state index contributed by atoms with van der Waals surface area (Å²) in [5.74, 6) is 0. The Morgan fingerprint density at radius 2 is 2.20 bits per heavy atom. The molecule has 0 radical (unpaired) electrons. The second kappa shape index (κ2) is 5.48. The molecule has 0 bridgehead atoms. The normalized spacial score (nSPS) is 14.9. The molecule has 0 aromatic heterocycles. The molecular weight excluding hydrogens is 196 g/mol. The summed E-state index contributed by atoms with van der Waals surface area (Å²) in [6, 6.07) is 0. The predicted octanol–water partition coefficient (Wildman–Crippen LogP) is 1.22. The summed E-state index contributed by atoms with van der Waals surface area (Å²) in [7, 11) is 1.99. The van der Waals surface area contributed by atoms with Crippen molar-refractivity contribution in [2.45, 2.75) is 20.0 Å². The van der Waals surface area contributed by atoms with Crippen LogP contribution in [0.25, 0.3) is 0 Å². The van der Waals surface area contributed by atoms with Crippen molar-refractivity contribution in [3.8, 4) is 0 Å². The van der Waals surface area contributed by atoms with E-state index in [1.807, 2.05) is 24.3 Å². The molecule has 0 saturated carbocycles. The molecule has 0 aromatic carbocycles. The van der Waals surface area contributed by atoms with E-state index in [4.69, 9.17) is 9.47 Å². The minimum Gasteiger partial charge on any atom is -0.432 e. The van der Waals surface area contributed by atoms with Gasteiger partial charge in [-0.1, -0.05) is 0 Å². The maximum atomic E-state index is 11.0. The van der Waals surface area contributed by atoms with Crippen LogP contribution in [0.5, 0.6) is 0 Å². The van der Waals surface area contributed by atoms with E-state index in [9.17, 15) is 4.79 Å². The molecule has 0 spiro atoms. The summed E-state index contributed by atoms with van der Waals surface area (Å²) in [6.07, 6.45) is 3.22. The Balaban J connectivity index is 2.06. The summed E-state index contributed by atoms with van der Waals surface area (Å²) < 4.78 is 9.72. The molecule has 0 atom stereocenters. The lowest BCUT2D eigenvalue weighted by Gasteiger charge is -2.17. The van der Waals surface area contributed by atoms with Crippen molar-refractivity contribution in [2.75, 3.05) is 26.9 Å². The molecule has 0 unspecified atom stereocenters. The van der Waals surface area contributed by atoms with Gasteiger partial charge in [0.25, 0.3) is 0 Å². The second-order valence-electron chi connectivity index (χ2n) is 3.77. The van der Waals surface area contributed by atoms with E-state index in [0.29, 0.717) is 13.2 Å². The summed E-state index contributed by atoms with van der Waals surface area (Å²) in [6.45, 7) is 5.46. The number of rotatable bonds is 4. The van der Waals surface area contributed by atoms with Gasteiger partial charge in [0.05, 0.1) is 19.3 Å². The molecule has 5 heteroatoms. The monoisotopic (exact) mass is 214 g/mol. The number of hydrogen-bond acceptors (Lipinski definition) is 5.